The predicted octanol–water partition coefficient (Wildman–Crippen LogP) is 1.26. The minimum absolute atomic E-state index is 0.349. The molecule has 0 spiro atoms. The van der Waals surface area contributed by atoms with Crippen molar-refractivity contribution in [3.8, 4) is 0 Å². The Bertz CT molecular complexity index is 851. The van der Waals surface area contributed by atoms with Gasteiger partial charge in [-0.15, -0.1) is 10.2 Å². The molecule has 11 heteroatoms. The Balaban J connectivity index is 1.72. The van der Waals surface area contributed by atoms with Gasteiger partial charge in [-0.3, -0.25) is 4.98 Å². The molecule has 3 aromatic rings. The number of H-pyrrole nitrogens is 2. The van der Waals surface area contributed by atoms with Gasteiger partial charge in [-0.1, -0.05) is 40.7 Å². The smallest absolute Gasteiger partial charge is 0.341 e. The summed E-state index contributed by atoms with van der Waals surface area (Å²) in [5.41, 5.74) is 0.584. The second-order valence-electron chi connectivity index (χ2n) is 4.86. The number of nitrogens with one attached hydrogen (secondary N) is 2. The zero-order valence-corrected chi connectivity index (χ0v) is 14.2. The van der Waals surface area contributed by atoms with E-state index in [9.17, 15) is 4.79 Å². The number of benzene rings is 1. The number of aromatic nitrogens is 7. The van der Waals surface area contributed by atoms with Crippen LogP contribution in [0.15, 0.2) is 34.2 Å². The van der Waals surface area contributed by atoms with Crippen LogP contribution in [0.1, 0.15) is 11.4 Å². The van der Waals surface area contributed by atoms with Crippen LogP contribution in [0.25, 0.3) is 0 Å². The second kappa shape index (κ2) is 7.41. The van der Waals surface area contributed by atoms with E-state index in [1.807, 2.05) is 36.2 Å². The molecule has 2 heterocycles. The van der Waals surface area contributed by atoms with Gasteiger partial charge in [-0.2, -0.15) is 15.2 Å². The van der Waals surface area contributed by atoms with Crippen LogP contribution in [-0.4, -0.2) is 42.6 Å². The summed E-state index contributed by atoms with van der Waals surface area (Å²) in [5.74, 6) is 1.36. The normalized spacial score (nSPS) is 10.8. The highest BCUT2D eigenvalue weighted by Crippen LogP contribution is 2.18. The summed E-state index contributed by atoms with van der Waals surface area (Å²) < 4.78 is 0. The van der Waals surface area contributed by atoms with E-state index in [2.05, 4.69) is 35.6 Å². The molecule has 0 aliphatic heterocycles. The van der Waals surface area contributed by atoms with E-state index in [-0.39, 0.29) is 0 Å². The largest absolute Gasteiger partial charge is 0.350 e. The summed E-state index contributed by atoms with van der Waals surface area (Å²) in [4.78, 5) is 24.4. The second-order valence-corrected chi connectivity index (χ2v) is 6.24. The number of halogens is 1. The van der Waals surface area contributed by atoms with Gasteiger partial charge in [0.2, 0.25) is 5.95 Å². The average Bonchev–Trinajstić information content (AvgIpc) is 3.08. The van der Waals surface area contributed by atoms with Gasteiger partial charge in [0.05, 0.1) is 5.75 Å². The maximum Gasteiger partial charge on any atom is 0.350 e. The molecule has 0 bridgehead atoms. The maximum absolute atomic E-state index is 11.8. The van der Waals surface area contributed by atoms with E-state index in [4.69, 9.17) is 11.6 Å². The number of tetrazole rings is 1. The summed E-state index contributed by atoms with van der Waals surface area (Å²) in [7, 11) is 1.83. The fourth-order valence-electron chi connectivity index (χ4n) is 1.91. The molecule has 2 aromatic heterocycles. The number of anilines is 1. The third-order valence-corrected chi connectivity index (χ3v) is 4.13. The Morgan fingerprint density at radius 3 is 2.75 bits per heavy atom. The number of rotatable bonds is 6. The summed E-state index contributed by atoms with van der Waals surface area (Å²) in [6.45, 7) is 0.569. The van der Waals surface area contributed by atoms with Crippen molar-refractivity contribution in [3.05, 3.63) is 51.2 Å². The minimum Gasteiger partial charge on any atom is -0.341 e. The molecule has 0 saturated carbocycles. The van der Waals surface area contributed by atoms with Gasteiger partial charge in [0.1, 0.15) is 0 Å². The summed E-state index contributed by atoms with van der Waals surface area (Å²) in [6.07, 6.45) is 0. The molecule has 1 aromatic carbocycles. The number of aromatic amines is 2. The molecular formula is C13H13ClN8OS. The average molecular weight is 365 g/mol. The van der Waals surface area contributed by atoms with Crippen LogP contribution < -0.4 is 10.6 Å². The van der Waals surface area contributed by atoms with Gasteiger partial charge in [-0.25, -0.2) is 4.79 Å². The quantitative estimate of drug-likeness (QED) is 0.628. The molecule has 0 radical (unpaired) electrons. The molecule has 0 aliphatic rings. The standard InChI is InChI=1S/C13H13ClN8OS/c1-22(6-8-2-4-9(14)5-3-8)11-15-12(23)17-13(16-11)24-7-10-18-20-21-19-10/h2-5H,6-7H2,1H3,(H,15,16,17,23)(H,18,19,20,21). The highest BCUT2D eigenvalue weighted by atomic mass is 35.5. The van der Waals surface area contributed by atoms with Crippen LogP contribution in [0, 0.1) is 0 Å². The third kappa shape index (κ3) is 4.30. The van der Waals surface area contributed by atoms with Crippen LogP contribution in [-0.2, 0) is 12.3 Å². The van der Waals surface area contributed by atoms with E-state index in [0.29, 0.717) is 34.2 Å². The summed E-state index contributed by atoms with van der Waals surface area (Å²) >= 11 is 7.14. The highest BCUT2D eigenvalue weighted by Gasteiger charge is 2.10. The van der Waals surface area contributed by atoms with Gasteiger partial charge < -0.3 is 4.90 Å². The third-order valence-electron chi connectivity index (χ3n) is 3.03. The molecule has 0 fully saturated rings. The Labute approximate surface area is 145 Å². The van der Waals surface area contributed by atoms with Crippen molar-refractivity contribution in [3.63, 3.8) is 0 Å². The van der Waals surface area contributed by atoms with Crippen LogP contribution in [0.2, 0.25) is 5.02 Å². The highest BCUT2D eigenvalue weighted by molar-refractivity contribution is 7.98. The lowest BCUT2D eigenvalue weighted by molar-refractivity contribution is 0.789. The lowest BCUT2D eigenvalue weighted by Gasteiger charge is -2.17. The Kier molecular flexibility index (Phi) is 5.06. The van der Waals surface area contributed by atoms with Crippen molar-refractivity contribution in [2.45, 2.75) is 17.5 Å². The molecule has 124 valence electrons. The summed E-state index contributed by atoms with van der Waals surface area (Å²) in [5, 5.41) is 14.6. The number of thioether (sulfide) groups is 1. The Morgan fingerprint density at radius 1 is 1.25 bits per heavy atom. The number of hydrogen-bond acceptors (Lipinski definition) is 8. The Morgan fingerprint density at radius 2 is 2.04 bits per heavy atom. The first-order valence-corrected chi connectivity index (χ1v) is 8.25. The van der Waals surface area contributed by atoms with Crippen molar-refractivity contribution in [2.24, 2.45) is 0 Å². The van der Waals surface area contributed by atoms with Crippen LogP contribution >= 0.6 is 23.4 Å². The SMILES string of the molecule is CN(Cc1ccc(Cl)cc1)c1nc(SCc2nn[nH]n2)nc(=O)[nH]1. The number of nitrogens with zero attached hydrogens (tertiary/aromatic N) is 6. The van der Waals surface area contributed by atoms with Gasteiger partial charge in [0.25, 0.3) is 0 Å². The fourth-order valence-corrected chi connectivity index (χ4v) is 2.72. The van der Waals surface area contributed by atoms with Crippen molar-refractivity contribution in [1.29, 1.82) is 0 Å². The van der Waals surface area contributed by atoms with E-state index in [1.165, 1.54) is 11.8 Å². The first kappa shape index (κ1) is 16.4. The molecule has 0 atom stereocenters. The van der Waals surface area contributed by atoms with E-state index >= 15 is 0 Å². The van der Waals surface area contributed by atoms with Crippen molar-refractivity contribution in [1.82, 2.24) is 35.6 Å². The minimum atomic E-state index is -0.460. The molecule has 3 rings (SSSR count). The van der Waals surface area contributed by atoms with Crippen molar-refractivity contribution < 1.29 is 0 Å². The fraction of sp³-hybridized carbons (Fsp3) is 0.231. The lowest BCUT2D eigenvalue weighted by Crippen LogP contribution is -2.24. The molecule has 0 saturated heterocycles. The lowest BCUT2D eigenvalue weighted by atomic mass is 10.2. The molecule has 0 amide bonds. The maximum atomic E-state index is 11.8. The molecule has 0 unspecified atom stereocenters. The van der Waals surface area contributed by atoms with E-state index in [0.717, 1.165) is 5.56 Å². The first-order chi connectivity index (χ1) is 11.6. The van der Waals surface area contributed by atoms with E-state index < -0.39 is 5.69 Å². The zero-order valence-electron chi connectivity index (χ0n) is 12.6. The van der Waals surface area contributed by atoms with Crippen LogP contribution in [0.4, 0.5) is 5.95 Å². The van der Waals surface area contributed by atoms with Crippen molar-refractivity contribution >= 4 is 29.3 Å². The molecule has 2 N–H and O–H groups in total. The molecule has 24 heavy (non-hydrogen) atoms. The first-order valence-electron chi connectivity index (χ1n) is 6.89. The molecular weight excluding hydrogens is 352 g/mol. The number of hydrogen-bond donors (Lipinski definition) is 2. The topological polar surface area (TPSA) is 116 Å². The molecule has 0 aliphatic carbocycles. The van der Waals surface area contributed by atoms with Crippen LogP contribution in [0.3, 0.4) is 0 Å². The predicted molar refractivity (Wildman–Crippen MR) is 90.0 cm³/mol. The molecule has 9 nitrogen and oxygen atoms in total. The van der Waals surface area contributed by atoms with Crippen molar-refractivity contribution in [2.75, 3.05) is 11.9 Å². The zero-order chi connectivity index (χ0) is 16.9. The van der Waals surface area contributed by atoms with E-state index in [1.54, 1.807) is 0 Å². The van der Waals surface area contributed by atoms with Gasteiger partial charge >= 0.3 is 5.69 Å². The van der Waals surface area contributed by atoms with Crippen LogP contribution in [0.5, 0.6) is 0 Å². The monoisotopic (exact) mass is 364 g/mol. The van der Waals surface area contributed by atoms with Gasteiger partial charge in [0.15, 0.2) is 11.0 Å². The van der Waals surface area contributed by atoms with Gasteiger partial charge in [-0.05, 0) is 17.7 Å². The summed E-state index contributed by atoms with van der Waals surface area (Å²) in [6, 6.07) is 7.48. The Hall–Kier alpha value is -2.46. The van der Waals surface area contributed by atoms with Gasteiger partial charge in [0, 0.05) is 18.6 Å².